The molecule has 0 aliphatic rings. The second-order valence-electron chi connectivity index (χ2n) is 5.15. The molecule has 2 heterocycles. The first-order valence-electron chi connectivity index (χ1n) is 7.08. The van der Waals surface area contributed by atoms with Gasteiger partial charge in [-0.2, -0.15) is 0 Å². The molecule has 2 aromatic heterocycles. The van der Waals surface area contributed by atoms with Gasteiger partial charge in [0.05, 0.1) is 29.1 Å². The van der Waals surface area contributed by atoms with E-state index in [9.17, 15) is 10.1 Å². The average molecular weight is 392 g/mol. The Morgan fingerprint density at radius 3 is 2.92 bits per heavy atom. The summed E-state index contributed by atoms with van der Waals surface area (Å²) in [6.45, 7) is 1.85. The van der Waals surface area contributed by atoms with E-state index in [1.807, 2.05) is 25.1 Å². The van der Waals surface area contributed by atoms with Gasteiger partial charge in [-0.25, -0.2) is 9.97 Å². The van der Waals surface area contributed by atoms with Gasteiger partial charge in [-0.1, -0.05) is 0 Å². The van der Waals surface area contributed by atoms with Gasteiger partial charge in [0, 0.05) is 22.8 Å². The highest BCUT2D eigenvalue weighted by molar-refractivity contribution is 9.10. The Balaban J connectivity index is 1.90. The van der Waals surface area contributed by atoms with Crippen LogP contribution in [0.2, 0.25) is 0 Å². The van der Waals surface area contributed by atoms with Crippen molar-refractivity contribution >= 4 is 38.5 Å². The third-order valence-corrected chi connectivity index (χ3v) is 3.94. The molecule has 0 saturated carbocycles. The van der Waals surface area contributed by atoms with Gasteiger partial charge in [0.15, 0.2) is 0 Å². The van der Waals surface area contributed by atoms with E-state index in [0.29, 0.717) is 10.3 Å². The van der Waals surface area contributed by atoms with Gasteiger partial charge >= 0.3 is 5.69 Å². The van der Waals surface area contributed by atoms with Gasteiger partial charge in [-0.15, -0.1) is 0 Å². The number of rotatable bonds is 5. The molecular formula is C15H14BrN5O3. The highest BCUT2D eigenvalue weighted by Gasteiger charge is 2.19. The van der Waals surface area contributed by atoms with Crippen LogP contribution >= 0.6 is 15.9 Å². The number of fused-ring (bicyclic) bond motifs is 1. The second-order valence-corrected chi connectivity index (χ2v) is 6.07. The number of anilines is 1. The van der Waals surface area contributed by atoms with Crippen molar-refractivity contribution in [1.29, 1.82) is 0 Å². The zero-order valence-electron chi connectivity index (χ0n) is 12.9. The molecule has 3 rings (SSSR count). The number of hydrogen-bond acceptors (Lipinski definition) is 6. The molecule has 3 aromatic rings. The molecule has 0 saturated heterocycles. The van der Waals surface area contributed by atoms with Crippen LogP contribution in [0.5, 0.6) is 5.75 Å². The number of aromatic nitrogens is 3. The maximum Gasteiger partial charge on any atom is 0.312 e. The fourth-order valence-electron chi connectivity index (χ4n) is 2.29. The maximum atomic E-state index is 11.2. The van der Waals surface area contributed by atoms with E-state index in [1.54, 1.807) is 7.11 Å². The summed E-state index contributed by atoms with van der Waals surface area (Å²) in [5.41, 5.74) is 1.52. The Hall–Kier alpha value is -2.68. The van der Waals surface area contributed by atoms with E-state index in [4.69, 9.17) is 4.74 Å². The summed E-state index contributed by atoms with van der Waals surface area (Å²) in [7, 11) is 1.60. The minimum Gasteiger partial charge on any atom is -0.497 e. The van der Waals surface area contributed by atoms with Gasteiger partial charge in [0.25, 0.3) is 0 Å². The third-order valence-electron chi connectivity index (χ3n) is 3.50. The molecule has 0 unspecified atom stereocenters. The number of H-pyrrole nitrogens is 1. The number of hydrogen-bond donors (Lipinski definition) is 2. The smallest absolute Gasteiger partial charge is 0.312 e. The van der Waals surface area contributed by atoms with Crippen LogP contribution in [0, 0.1) is 10.1 Å². The number of pyridine rings is 1. The normalized spacial score (nSPS) is 12.1. The lowest BCUT2D eigenvalue weighted by Crippen LogP contribution is -2.11. The minimum atomic E-state index is -0.476. The number of nitrogens with zero attached hydrogens (tertiary/aromatic N) is 3. The average Bonchev–Trinajstić information content (AvgIpc) is 2.99. The van der Waals surface area contributed by atoms with Crippen molar-refractivity contribution < 1.29 is 9.66 Å². The standard InChI is InChI=1S/C15H14BrN5O3/c1-8(18-15-13(21(22)23)5-9(16)7-17-15)14-19-11-4-3-10(24-2)6-12(11)20-14/h3-8H,1-2H3,(H,17,18)(H,19,20)/t8-/m0/s1. The first-order valence-corrected chi connectivity index (χ1v) is 7.87. The summed E-state index contributed by atoms with van der Waals surface area (Å²) in [4.78, 5) is 22.5. The number of nitrogens with one attached hydrogen (secondary N) is 2. The lowest BCUT2D eigenvalue weighted by molar-refractivity contribution is -0.384. The Bertz CT molecular complexity index is 911. The molecule has 1 aromatic carbocycles. The molecule has 0 amide bonds. The van der Waals surface area contributed by atoms with Crippen molar-refractivity contribution in [2.24, 2.45) is 0 Å². The van der Waals surface area contributed by atoms with Crippen LogP contribution in [0.4, 0.5) is 11.5 Å². The van der Waals surface area contributed by atoms with Crippen LogP contribution < -0.4 is 10.1 Å². The molecule has 9 heteroatoms. The molecule has 1 atom stereocenters. The Morgan fingerprint density at radius 2 is 2.21 bits per heavy atom. The van der Waals surface area contributed by atoms with Crippen molar-refractivity contribution in [3.05, 3.63) is 50.9 Å². The molecule has 2 N–H and O–H groups in total. The second kappa shape index (κ2) is 6.44. The molecular weight excluding hydrogens is 378 g/mol. The number of ether oxygens (including phenoxy) is 1. The quantitative estimate of drug-likeness (QED) is 0.505. The molecule has 0 radical (unpaired) electrons. The Morgan fingerprint density at radius 1 is 1.42 bits per heavy atom. The molecule has 0 aliphatic heterocycles. The number of aromatic amines is 1. The van der Waals surface area contributed by atoms with Gasteiger partial charge in [-0.3, -0.25) is 10.1 Å². The lowest BCUT2D eigenvalue weighted by atomic mass is 10.3. The number of imidazole rings is 1. The molecule has 0 aliphatic carbocycles. The SMILES string of the molecule is COc1ccc2nc([C@H](C)Nc3ncc(Br)cc3[N+](=O)[O-])[nH]c2c1. The van der Waals surface area contributed by atoms with Crippen LogP contribution in [0.15, 0.2) is 34.9 Å². The molecule has 0 fully saturated rings. The van der Waals surface area contributed by atoms with Crippen LogP contribution in [0.3, 0.4) is 0 Å². The van der Waals surface area contributed by atoms with E-state index in [-0.39, 0.29) is 17.5 Å². The summed E-state index contributed by atoms with van der Waals surface area (Å²) >= 11 is 3.19. The fraction of sp³-hybridized carbons (Fsp3) is 0.200. The monoisotopic (exact) mass is 391 g/mol. The van der Waals surface area contributed by atoms with Crippen LogP contribution in [0.1, 0.15) is 18.8 Å². The number of nitro groups is 1. The van der Waals surface area contributed by atoms with Gasteiger partial charge in [-0.05, 0) is 35.0 Å². The maximum absolute atomic E-state index is 11.2. The predicted molar refractivity (Wildman–Crippen MR) is 93.3 cm³/mol. The molecule has 0 bridgehead atoms. The highest BCUT2D eigenvalue weighted by Crippen LogP contribution is 2.29. The lowest BCUT2D eigenvalue weighted by Gasteiger charge is -2.12. The predicted octanol–water partition coefficient (Wildman–Crippen LogP) is 3.81. The largest absolute Gasteiger partial charge is 0.497 e. The summed E-state index contributed by atoms with van der Waals surface area (Å²) in [5, 5.41) is 14.2. The molecule has 124 valence electrons. The van der Waals surface area contributed by atoms with Crippen LogP contribution in [0.25, 0.3) is 11.0 Å². The first-order chi connectivity index (χ1) is 11.5. The Kier molecular flexibility index (Phi) is 4.34. The van der Waals surface area contributed by atoms with E-state index in [1.165, 1.54) is 12.3 Å². The Labute approximate surface area is 145 Å². The number of benzene rings is 1. The number of halogens is 1. The van der Waals surface area contributed by atoms with E-state index >= 15 is 0 Å². The van der Waals surface area contributed by atoms with Crippen molar-refractivity contribution in [1.82, 2.24) is 15.0 Å². The summed E-state index contributed by atoms with van der Waals surface area (Å²) in [6, 6.07) is 6.63. The number of methoxy groups -OCH3 is 1. The van der Waals surface area contributed by atoms with Gasteiger partial charge in [0.2, 0.25) is 5.82 Å². The van der Waals surface area contributed by atoms with Crippen LogP contribution in [-0.2, 0) is 0 Å². The van der Waals surface area contributed by atoms with Crippen LogP contribution in [-0.4, -0.2) is 27.0 Å². The van der Waals surface area contributed by atoms with Gasteiger partial charge in [0.1, 0.15) is 11.6 Å². The van der Waals surface area contributed by atoms with Crippen molar-refractivity contribution in [3.8, 4) is 5.75 Å². The van der Waals surface area contributed by atoms with E-state index < -0.39 is 4.92 Å². The summed E-state index contributed by atoms with van der Waals surface area (Å²) < 4.78 is 5.73. The summed E-state index contributed by atoms with van der Waals surface area (Å²) in [5.74, 6) is 1.56. The zero-order valence-corrected chi connectivity index (χ0v) is 14.5. The van der Waals surface area contributed by atoms with Crippen molar-refractivity contribution in [2.75, 3.05) is 12.4 Å². The first kappa shape index (κ1) is 16.2. The zero-order chi connectivity index (χ0) is 17.3. The van der Waals surface area contributed by atoms with Crippen molar-refractivity contribution in [2.45, 2.75) is 13.0 Å². The highest BCUT2D eigenvalue weighted by atomic mass is 79.9. The fourth-order valence-corrected chi connectivity index (χ4v) is 2.61. The van der Waals surface area contributed by atoms with Gasteiger partial charge < -0.3 is 15.0 Å². The van der Waals surface area contributed by atoms with E-state index in [0.717, 1.165) is 16.8 Å². The van der Waals surface area contributed by atoms with Crippen molar-refractivity contribution in [3.63, 3.8) is 0 Å². The third kappa shape index (κ3) is 3.16. The van der Waals surface area contributed by atoms with E-state index in [2.05, 4.69) is 36.2 Å². The molecule has 0 spiro atoms. The minimum absolute atomic E-state index is 0.103. The summed E-state index contributed by atoms with van der Waals surface area (Å²) in [6.07, 6.45) is 1.51. The molecule has 24 heavy (non-hydrogen) atoms. The topological polar surface area (TPSA) is 106 Å². The molecule has 8 nitrogen and oxygen atoms in total.